The highest BCUT2D eigenvalue weighted by Gasteiger charge is 2.32. The molecule has 6 nitrogen and oxygen atoms in total. The molecule has 1 aliphatic heterocycles. The minimum atomic E-state index is -1.05. The van der Waals surface area contributed by atoms with Crippen LogP contribution in [0.4, 0.5) is 0 Å². The third kappa shape index (κ3) is 7.04. The quantitative estimate of drug-likeness (QED) is 0.310. The van der Waals surface area contributed by atoms with Crippen LogP contribution in [-0.4, -0.2) is 47.2 Å². The lowest BCUT2D eigenvalue weighted by atomic mass is 9.84. The molecule has 1 heterocycles. The van der Waals surface area contributed by atoms with Crippen molar-refractivity contribution in [2.45, 2.75) is 69.8 Å². The number of hydrogen-bond acceptors (Lipinski definition) is 4. The average molecular weight is 542 g/mol. The van der Waals surface area contributed by atoms with E-state index in [-0.39, 0.29) is 31.2 Å². The van der Waals surface area contributed by atoms with Crippen molar-refractivity contribution in [3.8, 4) is 11.5 Å². The van der Waals surface area contributed by atoms with E-state index in [2.05, 4.69) is 31.2 Å². The SMILES string of the molecule is CC1(Cc2ccccc2)CCc2cc(C(=O)N(CCOc3ccc(C4CCCCC4)cc3)CC(=O)O)ccc2O1. The number of carboxylic acids is 1. The van der Waals surface area contributed by atoms with Crippen LogP contribution in [0.1, 0.15) is 78.4 Å². The summed E-state index contributed by atoms with van der Waals surface area (Å²) in [5.41, 5.74) is 3.70. The number of hydrogen-bond donors (Lipinski definition) is 1. The second kappa shape index (κ2) is 12.6. The molecule has 6 heteroatoms. The summed E-state index contributed by atoms with van der Waals surface area (Å²) < 4.78 is 12.3. The number of fused-ring (bicyclic) bond motifs is 1. The highest BCUT2D eigenvalue weighted by Crippen LogP contribution is 2.36. The van der Waals surface area contributed by atoms with Crippen molar-refractivity contribution in [3.05, 3.63) is 95.1 Å². The number of amides is 1. The monoisotopic (exact) mass is 541 g/mol. The molecular formula is C34H39NO5. The largest absolute Gasteiger partial charge is 0.492 e. The lowest BCUT2D eigenvalue weighted by Crippen LogP contribution is -2.39. The Labute approximate surface area is 236 Å². The van der Waals surface area contributed by atoms with Gasteiger partial charge in [0, 0.05) is 12.0 Å². The third-order valence-corrected chi connectivity index (χ3v) is 8.21. The fourth-order valence-electron chi connectivity index (χ4n) is 6.02. The molecule has 1 saturated carbocycles. The molecular weight excluding hydrogens is 502 g/mol. The van der Waals surface area contributed by atoms with E-state index in [1.165, 1.54) is 48.1 Å². The lowest BCUT2D eigenvalue weighted by Gasteiger charge is -2.36. The van der Waals surface area contributed by atoms with E-state index in [1.807, 2.05) is 42.5 Å². The van der Waals surface area contributed by atoms with Crippen LogP contribution in [0.5, 0.6) is 11.5 Å². The lowest BCUT2D eigenvalue weighted by molar-refractivity contribution is -0.137. The summed E-state index contributed by atoms with van der Waals surface area (Å²) in [4.78, 5) is 26.3. The second-order valence-corrected chi connectivity index (χ2v) is 11.4. The predicted molar refractivity (Wildman–Crippen MR) is 155 cm³/mol. The molecule has 0 aromatic heterocycles. The molecule has 3 aromatic carbocycles. The Morgan fingerprint density at radius 3 is 2.48 bits per heavy atom. The summed E-state index contributed by atoms with van der Waals surface area (Å²) in [6, 6.07) is 23.9. The number of carbonyl (C=O) groups excluding carboxylic acids is 1. The Balaban J connectivity index is 1.19. The maximum absolute atomic E-state index is 13.4. The van der Waals surface area contributed by atoms with Crippen LogP contribution in [0.15, 0.2) is 72.8 Å². The molecule has 1 unspecified atom stereocenters. The number of aliphatic carboxylic acids is 1. The molecule has 3 aromatic rings. The molecule has 1 atom stereocenters. The van der Waals surface area contributed by atoms with Gasteiger partial charge in [-0.25, -0.2) is 0 Å². The summed E-state index contributed by atoms with van der Waals surface area (Å²) in [6.07, 6.45) is 8.84. The topological polar surface area (TPSA) is 76.1 Å². The van der Waals surface area contributed by atoms with Crippen molar-refractivity contribution in [1.82, 2.24) is 4.90 Å². The van der Waals surface area contributed by atoms with Crippen molar-refractivity contribution < 1.29 is 24.2 Å². The molecule has 0 saturated heterocycles. The van der Waals surface area contributed by atoms with Gasteiger partial charge in [0.05, 0.1) is 6.54 Å². The van der Waals surface area contributed by atoms with Gasteiger partial charge in [0.15, 0.2) is 0 Å². The van der Waals surface area contributed by atoms with E-state index >= 15 is 0 Å². The number of carboxylic acid groups (broad SMARTS) is 1. The van der Waals surface area contributed by atoms with Gasteiger partial charge in [0.25, 0.3) is 5.91 Å². The first kappa shape index (κ1) is 27.8. The highest BCUT2D eigenvalue weighted by molar-refractivity contribution is 5.96. The van der Waals surface area contributed by atoms with Gasteiger partial charge in [-0.3, -0.25) is 9.59 Å². The number of ether oxygens (including phenoxy) is 2. The van der Waals surface area contributed by atoms with Crippen molar-refractivity contribution in [2.24, 2.45) is 0 Å². The van der Waals surface area contributed by atoms with Crippen LogP contribution >= 0.6 is 0 Å². The first-order valence-electron chi connectivity index (χ1n) is 14.5. The molecule has 1 aliphatic carbocycles. The standard InChI is InChI=1S/C34H39NO5/c1-34(23-25-8-4-2-5-9-25)19-18-28-22-29(14-17-31(28)40-34)33(38)35(24-32(36)37)20-21-39-30-15-12-27(13-16-30)26-10-6-3-7-11-26/h2,4-5,8-9,12-17,22,26H,3,6-7,10-11,18-21,23-24H2,1H3,(H,36,37). The number of rotatable bonds is 10. The Kier molecular flexibility index (Phi) is 8.73. The first-order valence-corrected chi connectivity index (χ1v) is 14.5. The second-order valence-electron chi connectivity index (χ2n) is 11.4. The molecule has 0 radical (unpaired) electrons. The van der Waals surface area contributed by atoms with E-state index in [0.29, 0.717) is 11.5 Å². The molecule has 1 N–H and O–H groups in total. The molecule has 210 valence electrons. The molecule has 0 bridgehead atoms. The minimum Gasteiger partial charge on any atom is -0.492 e. The zero-order chi connectivity index (χ0) is 28.0. The smallest absolute Gasteiger partial charge is 0.323 e. The molecule has 0 spiro atoms. The average Bonchev–Trinajstić information content (AvgIpc) is 2.97. The maximum Gasteiger partial charge on any atom is 0.323 e. The Bertz CT molecular complexity index is 1300. The van der Waals surface area contributed by atoms with E-state index in [4.69, 9.17) is 9.47 Å². The molecule has 40 heavy (non-hydrogen) atoms. The van der Waals surface area contributed by atoms with Crippen LogP contribution in [0.2, 0.25) is 0 Å². The molecule has 1 fully saturated rings. The van der Waals surface area contributed by atoms with Crippen LogP contribution in [0.25, 0.3) is 0 Å². The zero-order valence-electron chi connectivity index (χ0n) is 23.3. The number of aryl methyl sites for hydroxylation is 1. The molecule has 5 rings (SSSR count). The first-order chi connectivity index (χ1) is 19.4. The maximum atomic E-state index is 13.4. The van der Waals surface area contributed by atoms with E-state index in [9.17, 15) is 14.7 Å². The summed E-state index contributed by atoms with van der Waals surface area (Å²) in [5, 5.41) is 9.47. The predicted octanol–water partition coefficient (Wildman–Crippen LogP) is 6.67. The van der Waals surface area contributed by atoms with Gasteiger partial charge in [-0.15, -0.1) is 0 Å². The summed E-state index contributed by atoms with van der Waals surface area (Å²) in [6.45, 7) is 2.14. The summed E-state index contributed by atoms with van der Waals surface area (Å²) in [7, 11) is 0. The van der Waals surface area contributed by atoms with Gasteiger partial charge in [-0.05, 0) is 85.5 Å². The normalized spacial score (nSPS) is 18.8. The van der Waals surface area contributed by atoms with Gasteiger partial charge in [-0.1, -0.05) is 61.7 Å². The number of carbonyl (C=O) groups is 2. The summed E-state index contributed by atoms with van der Waals surface area (Å²) in [5.74, 6) is 0.770. The zero-order valence-corrected chi connectivity index (χ0v) is 23.3. The van der Waals surface area contributed by atoms with Gasteiger partial charge in [0.2, 0.25) is 0 Å². The van der Waals surface area contributed by atoms with Crippen molar-refractivity contribution in [2.75, 3.05) is 19.7 Å². The summed E-state index contributed by atoms with van der Waals surface area (Å²) >= 11 is 0. The van der Waals surface area contributed by atoms with Crippen LogP contribution in [-0.2, 0) is 17.6 Å². The van der Waals surface area contributed by atoms with E-state index < -0.39 is 5.97 Å². The minimum absolute atomic E-state index is 0.179. The molecule has 2 aliphatic rings. The Morgan fingerprint density at radius 1 is 1.00 bits per heavy atom. The van der Waals surface area contributed by atoms with Crippen molar-refractivity contribution in [3.63, 3.8) is 0 Å². The number of nitrogens with zero attached hydrogens (tertiary/aromatic N) is 1. The van der Waals surface area contributed by atoms with Crippen LogP contribution in [0, 0.1) is 0 Å². The van der Waals surface area contributed by atoms with Gasteiger partial charge >= 0.3 is 5.97 Å². The van der Waals surface area contributed by atoms with E-state index in [1.54, 1.807) is 6.07 Å². The Morgan fingerprint density at radius 2 is 1.75 bits per heavy atom. The number of benzene rings is 3. The van der Waals surface area contributed by atoms with Crippen LogP contribution in [0.3, 0.4) is 0 Å². The fraction of sp³-hybridized carbons (Fsp3) is 0.412. The van der Waals surface area contributed by atoms with Gasteiger partial charge in [-0.2, -0.15) is 0 Å². The van der Waals surface area contributed by atoms with Crippen molar-refractivity contribution >= 4 is 11.9 Å². The van der Waals surface area contributed by atoms with Crippen LogP contribution < -0.4 is 9.47 Å². The third-order valence-electron chi connectivity index (χ3n) is 8.21. The van der Waals surface area contributed by atoms with Crippen molar-refractivity contribution in [1.29, 1.82) is 0 Å². The molecule has 1 amide bonds. The van der Waals surface area contributed by atoms with Gasteiger partial charge < -0.3 is 19.5 Å². The fourth-order valence-corrected chi connectivity index (χ4v) is 6.02. The van der Waals surface area contributed by atoms with E-state index in [0.717, 1.165) is 36.3 Å². The Hall–Kier alpha value is -3.80. The highest BCUT2D eigenvalue weighted by atomic mass is 16.5. The van der Waals surface area contributed by atoms with Gasteiger partial charge in [0.1, 0.15) is 30.3 Å².